The van der Waals surface area contributed by atoms with Crippen molar-refractivity contribution in [3.05, 3.63) is 53.1 Å². The molecule has 1 aromatic carbocycles. The molecule has 1 N–H and O–H groups in total. The maximum absolute atomic E-state index is 14.2. The monoisotopic (exact) mass is 384 g/mol. The number of fused-ring (bicyclic) bond motifs is 1. The van der Waals surface area contributed by atoms with E-state index < -0.39 is 17.0 Å². The molecule has 2 aromatic heterocycles. The molecule has 6 nitrogen and oxygen atoms in total. The van der Waals surface area contributed by atoms with E-state index in [1.165, 1.54) is 12.1 Å². The predicted molar refractivity (Wildman–Crippen MR) is 99.7 cm³/mol. The lowest BCUT2D eigenvalue weighted by Crippen LogP contribution is -2.17. The molecule has 0 bridgehead atoms. The van der Waals surface area contributed by atoms with Crippen LogP contribution in [0, 0.1) is 5.82 Å². The minimum absolute atomic E-state index is 0.181. The Hall–Kier alpha value is -3.13. The molecule has 8 heteroatoms. The van der Waals surface area contributed by atoms with Gasteiger partial charge in [-0.2, -0.15) is 0 Å². The highest BCUT2D eigenvalue weighted by atomic mass is 32.2. The molecule has 1 fully saturated rings. The molecule has 0 atom stereocenters. The summed E-state index contributed by atoms with van der Waals surface area (Å²) in [7, 11) is 0. The molecule has 1 aliphatic rings. The fraction of sp³-hybridized carbons (Fsp3) is 0.105. The quantitative estimate of drug-likeness (QED) is 0.673. The molecule has 1 aliphatic heterocycles. The smallest absolute Gasteiger partial charge is 0.290 e. The molecule has 3 aromatic rings. The van der Waals surface area contributed by atoms with Gasteiger partial charge in [0.1, 0.15) is 11.3 Å². The molecule has 136 valence electrons. The van der Waals surface area contributed by atoms with Crippen molar-refractivity contribution in [2.75, 3.05) is 6.61 Å². The SMILES string of the molecule is CCOc1ccc(-c2cncc3cc(/C=C4\SC(=O)NC4=O)oc23)cc1F. The Kier molecular flexibility index (Phi) is 4.41. The molecule has 0 saturated carbocycles. The number of rotatable bonds is 4. The first-order valence-electron chi connectivity index (χ1n) is 8.10. The summed E-state index contributed by atoms with van der Waals surface area (Å²) < 4.78 is 25.3. The van der Waals surface area contributed by atoms with Gasteiger partial charge in [0.15, 0.2) is 11.6 Å². The summed E-state index contributed by atoms with van der Waals surface area (Å²) in [5, 5.41) is 2.47. The average Bonchev–Trinajstić information content (AvgIpc) is 3.19. The number of halogens is 1. The maximum atomic E-state index is 14.2. The highest BCUT2D eigenvalue weighted by Crippen LogP contribution is 2.34. The molecule has 0 radical (unpaired) electrons. The Bertz CT molecular complexity index is 1110. The second kappa shape index (κ2) is 6.88. The molecule has 0 unspecified atom stereocenters. The number of aromatic nitrogens is 1. The molecular formula is C19H13FN2O4S. The first kappa shape index (κ1) is 17.3. The molecule has 0 spiro atoms. The van der Waals surface area contributed by atoms with Gasteiger partial charge >= 0.3 is 0 Å². The Morgan fingerprint density at radius 2 is 2.15 bits per heavy atom. The molecular weight excluding hydrogens is 371 g/mol. The van der Waals surface area contributed by atoms with E-state index in [9.17, 15) is 14.0 Å². The number of hydrogen-bond donors (Lipinski definition) is 1. The van der Waals surface area contributed by atoms with Crippen LogP contribution in [0.3, 0.4) is 0 Å². The number of hydrogen-bond acceptors (Lipinski definition) is 6. The van der Waals surface area contributed by atoms with Crippen LogP contribution in [0.4, 0.5) is 9.18 Å². The zero-order chi connectivity index (χ0) is 19.0. The van der Waals surface area contributed by atoms with Crippen molar-refractivity contribution in [1.29, 1.82) is 0 Å². The summed E-state index contributed by atoms with van der Waals surface area (Å²) in [5.74, 6) is -0.353. The summed E-state index contributed by atoms with van der Waals surface area (Å²) >= 11 is 0.810. The lowest BCUT2D eigenvalue weighted by Gasteiger charge is -2.07. The number of nitrogens with zero attached hydrogens (tertiary/aromatic N) is 1. The Morgan fingerprint density at radius 3 is 2.85 bits per heavy atom. The first-order chi connectivity index (χ1) is 13.0. The Balaban J connectivity index is 1.76. The number of carbonyl (C=O) groups excluding carboxylic acids is 2. The van der Waals surface area contributed by atoms with Crippen LogP contribution in [-0.2, 0) is 4.79 Å². The van der Waals surface area contributed by atoms with E-state index in [4.69, 9.17) is 9.15 Å². The number of ether oxygens (including phenoxy) is 1. The van der Waals surface area contributed by atoms with Crippen LogP contribution in [0.15, 0.2) is 46.0 Å². The minimum Gasteiger partial charge on any atom is -0.491 e. The first-order valence-corrected chi connectivity index (χ1v) is 8.92. The van der Waals surface area contributed by atoms with Gasteiger partial charge in [-0.15, -0.1) is 0 Å². The lowest BCUT2D eigenvalue weighted by atomic mass is 10.1. The second-order valence-corrected chi connectivity index (χ2v) is 6.70. The third-order valence-corrected chi connectivity index (χ3v) is 4.71. The van der Waals surface area contributed by atoms with Gasteiger partial charge in [0, 0.05) is 29.4 Å². The zero-order valence-corrected chi connectivity index (χ0v) is 14.9. The molecule has 0 aliphatic carbocycles. The van der Waals surface area contributed by atoms with Crippen molar-refractivity contribution in [3.8, 4) is 16.9 Å². The van der Waals surface area contributed by atoms with Crippen LogP contribution in [0.2, 0.25) is 0 Å². The van der Waals surface area contributed by atoms with Crippen molar-refractivity contribution < 1.29 is 23.1 Å². The lowest BCUT2D eigenvalue weighted by molar-refractivity contribution is -0.115. The van der Waals surface area contributed by atoms with Gasteiger partial charge < -0.3 is 9.15 Å². The molecule has 3 heterocycles. The second-order valence-electron chi connectivity index (χ2n) is 5.68. The summed E-state index contributed by atoms with van der Waals surface area (Å²) in [6.45, 7) is 2.16. The maximum Gasteiger partial charge on any atom is 0.290 e. The van der Waals surface area contributed by atoms with Crippen LogP contribution in [0.25, 0.3) is 28.2 Å². The number of carbonyl (C=O) groups is 2. The van der Waals surface area contributed by atoms with Crippen molar-refractivity contribution >= 4 is 40.0 Å². The van der Waals surface area contributed by atoms with Gasteiger partial charge in [-0.25, -0.2) is 4.39 Å². The number of imide groups is 1. The fourth-order valence-corrected chi connectivity index (χ4v) is 3.41. The average molecular weight is 384 g/mol. The number of nitrogens with one attached hydrogen (secondary N) is 1. The largest absolute Gasteiger partial charge is 0.491 e. The zero-order valence-electron chi connectivity index (χ0n) is 14.1. The summed E-state index contributed by atoms with van der Waals surface area (Å²) in [6, 6.07) is 6.36. The number of amides is 2. The van der Waals surface area contributed by atoms with Crippen molar-refractivity contribution in [2.24, 2.45) is 0 Å². The normalized spacial score (nSPS) is 15.6. The number of furan rings is 1. The van der Waals surface area contributed by atoms with E-state index in [1.54, 1.807) is 37.5 Å². The third kappa shape index (κ3) is 3.31. The van der Waals surface area contributed by atoms with E-state index >= 15 is 0 Å². The summed E-state index contributed by atoms with van der Waals surface area (Å²) in [6.07, 6.45) is 4.69. The van der Waals surface area contributed by atoms with Crippen LogP contribution in [0.5, 0.6) is 5.75 Å². The topological polar surface area (TPSA) is 81.4 Å². The summed E-state index contributed by atoms with van der Waals surface area (Å²) in [5.41, 5.74) is 1.71. The fourth-order valence-electron chi connectivity index (χ4n) is 2.75. The number of pyridine rings is 1. The van der Waals surface area contributed by atoms with Crippen molar-refractivity contribution in [1.82, 2.24) is 10.3 Å². The van der Waals surface area contributed by atoms with Crippen LogP contribution >= 0.6 is 11.8 Å². The van der Waals surface area contributed by atoms with E-state index in [0.717, 1.165) is 11.8 Å². The van der Waals surface area contributed by atoms with Crippen LogP contribution in [0.1, 0.15) is 12.7 Å². The minimum atomic E-state index is -0.474. The molecule has 2 amide bonds. The van der Waals surface area contributed by atoms with Gasteiger partial charge in [-0.1, -0.05) is 6.07 Å². The van der Waals surface area contributed by atoms with Gasteiger partial charge in [0.05, 0.1) is 11.5 Å². The Morgan fingerprint density at radius 1 is 1.30 bits per heavy atom. The van der Waals surface area contributed by atoms with Crippen molar-refractivity contribution in [2.45, 2.75) is 6.92 Å². The Labute approximate surface area is 157 Å². The van der Waals surface area contributed by atoms with Gasteiger partial charge in [0.25, 0.3) is 11.1 Å². The van der Waals surface area contributed by atoms with Gasteiger partial charge in [0.2, 0.25) is 0 Å². The standard InChI is InChI=1S/C19H13FN2O4S/c1-2-25-15-4-3-10(6-14(15)20)13-9-21-8-11-5-12(26-17(11)13)7-16-18(23)22-19(24)27-16/h3-9H,2H2,1H3,(H,22,23,24)/b16-7-. The molecule has 27 heavy (non-hydrogen) atoms. The highest BCUT2D eigenvalue weighted by molar-refractivity contribution is 8.18. The number of benzene rings is 1. The van der Waals surface area contributed by atoms with Crippen LogP contribution < -0.4 is 10.1 Å². The summed E-state index contributed by atoms with van der Waals surface area (Å²) in [4.78, 5) is 27.4. The van der Waals surface area contributed by atoms with Gasteiger partial charge in [-0.3, -0.25) is 19.9 Å². The third-order valence-electron chi connectivity index (χ3n) is 3.90. The van der Waals surface area contributed by atoms with E-state index in [-0.39, 0.29) is 10.7 Å². The predicted octanol–water partition coefficient (Wildman–Crippen LogP) is 4.36. The molecule has 4 rings (SSSR count). The van der Waals surface area contributed by atoms with E-state index in [2.05, 4.69) is 10.3 Å². The highest BCUT2D eigenvalue weighted by Gasteiger charge is 2.25. The van der Waals surface area contributed by atoms with Gasteiger partial charge in [-0.05, 0) is 42.4 Å². The molecule has 1 saturated heterocycles. The van der Waals surface area contributed by atoms with Crippen molar-refractivity contribution in [3.63, 3.8) is 0 Å². The van der Waals surface area contributed by atoms with E-state index in [0.29, 0.717) is 34.5 Å². The van der Waals surface area contributed by atoms with Crippen LogP contribution in [-0.4, -0.2) is 22.7 Å². The number of thioether (sulfide) groups is 1. The van der Waals surface area contributed by atoms with E-state index in [1.807, 2.05) is 0 Å².